The average molecular weight is 321 g/mol. The predicted molar refractivity (Wildman–Crippen MR) is 88.7 cm³/mol. The Balaban J connectivity index is 1.68. The Hall–Kier alpha value is -1.59. The second-order valence-electron chi connectivity index (χ2n) is 6.10. The van der Waals surface area contributed by atoms with E-state index < -0.39 is 6.10 Å². The van der Waals surface area contributed by atoms with Gasteiger partial charge in [0, 0.05) is 6.61 Å². The monoisotopic (exact) mass is 321 g/mol. The predicted octanol–water partition coefficient (Wildman–Crippen LogP) is 2.46. The van der Waals surface area contributed by atoms with Crippen LogP contribution < -0.4 is 10.1 Å². The molecule has 1 saturated heterocycles. The van der Waals surface area contributed by atoms with Crippen LogP contribution in [0.25, 0.3) is 0 Å². The minimum Gasteiger partial charge on any atom is -0.491 e. The van der Waals surface area contributed by atoms with Crippen LogP contribution in [-0.2, 0) is 14.3 Å². The fourth-order valence-electron chi connectivity index (χ4n) is 2.44. The van der Waals surface area contributed by atoms with E-state index in [0.29, 0.717) is 13.2 Å². The van der Waals surface area contributed by atoms with E-state index in [1.165, 1.54) is 0 Å². The lowest BCUT2D eigenvalue weighted by atomic mass is 10.2. The van der Waals surface area contributed by atoms with E-state index in [0.717, 1.165) is 30.8 Å². The van der Waals surface area contributed by atoms with E-state index in [-0.39, 0.29) is 18.1 Å². The van der Waals surface area contributed by atoms with Crippen molar-refractivity contribution in [2.75, 3.05) is 19.8 Å². The molecule has 5 heteroatoms. The molecule has 1 amide bonds. The van der Waals surface area contributed by atoms with E-state index in [4.69, 9.17) is 14.2 Å². The molecule has 128 valence electrons. The summed E-state index contributed by atoms with van der Waals surface area (Å²) in [5.74, 6) is 0.722. The number of aryl methyl sites for hydroxylation is 1. The summed E-state index contributed by atoms with van der Waals surface area (Å²) in [6, 6.07) is 7.75. The molecular weight excluding hydrogens is 294 g/mol. The van der Waals surface area contributed by atoms with Crippen molar-refractivity contribution in [3.63, 3.8) is 0 Å². The SMILES string of the molecule is Cc1ccccc1OC[C@H](C)NC(=O)[C@@H](C)OC[C@@H]1CCCO1. The number of nitrogens with one attached hydrogen (secondary N) is 1. The van der Waals surface area contributed by atoms with Crippen LogP contribution in [0.5, 0.6) is 5.75 Å². The van der Waals surface area contributed by atoms with Gasteiger partial charge in [-0.2, -0.15) is 0 Å². The summed E-state index contributed by atoms with van der Waals surface area (Å²) < 4.78 is 16.8. The summed E-state index contributed by atoms with van der Waals surface area (Å²) in [6.45, 7) is 7.38. The van der Waals surface area contributed by atoms with Crippen molar-refractivity contribution in [3.05, 3.63) is 29.8 Å². The highest BCUT2D eigenvalue weighted by molar-refractivity contribution is 5.80. The first-order chi connectivity index (χ1) is 11.1. The van der Waals surface area contributed by atoms with Gasteiger partial charge in [-0.1, -0.05) is 18.2 Å². The van der Waals surface area contributed by atoms with Gasteiger partial charge in [-0.3, -0.25) is 4.79 Å². The van der Waals surface area contributed by atoms with Crippen LogP contribution in [-0.4, -0.2) is 44.0 Å². The molecule has 0 bridgehead atoms. The van der Waals surface area contributed by atoms with Crippen LogP contribution in [0, 0.1) is 6.92 Å². The molecule has 1 N–H and O–H groups in total. The molecule has 0 aliphatic carbocycles. The molecule has 23 heavy (non-hydrogen) atoms. The van der Waals surface area contributed by atoms with E-state index in [1.54, 1.807) is 6.92 Å². The second-order valence-corrected chi connectivity index (χ2v) is 6.10. The normalized spacial score (nSPS) is 20.0. The number of hydrogen-bond donors (Lipinski definition) is 1. The number of hydrogen-bond acceptors (Lipinski definition) is 4. The lowest BCUT2D eigenvalue weighted by Crippen LogP contribution is -2.43. The molecule has 2 rings (SSSR count). The molecule has 3 atom stereocenters. The van der Waals surface area contributed by atoms with Crippen molar-refractivity contribution in [3.8, 4) is 5.75 Å². The minimum atomic E-state index is -0.486. The van der Waals surface area contributed by atoms with Gasteiger partial charge in [0.05, 0.1) is 18.8 Å². The minimum absolute atomic E-state index is 0.0871. The van der Waals surface area contributed by atoms with Gasteiger partial charge in [-0.05, 0) is 45.2 Å². The number of amides is 1. The summed E-state index contributed by atoms with van der Waals surface area (Å²) in [6.07, 6.45) is 1.73. The lowest BCUT2D eigenvalue weighted by Gasteiger charge is -2.20. The summed E-state index contributed by atoms with van der Waals surface area (Å²) in [5.41, 5.74) is 1.08. The maximum Gasteiger partial charge on any atom is 0.249 e. The van der Waals surface area contributed by atoms with Crippen molar-refractivity contribution in [1.29, 1.82) is 0 Å². The molecule has 0 unspecified atom stereocenters. The Morgan fingerprint density at radius 2 is 2.17 bits per heavy atom. The third-order valence-corrected chi connectivity index (χ3v) is 3.90. The maximum atomic E-state index is 12.1. The fraction of sp³-hybridized carbons (Fsp3) is 0.611. The molecule has 0 saturated carbocycles. The van der Waals surface area contributed by atoms with Crippen molar-refractivity contribution in [1.82, 2.24) is 5.32 Å². The van der Waals surface area contributed by atoms with Gasteiger partial charge in [0.25, 0.3) is 0 Å². The molecule has 1 aliphatic rings. The standard InChI is InChI=1S/C18H27NO4/c1-13-7-4-5-9-17(13)23-11-14(2)19-18(20)15(3)22-12-16-8-6-10-21-16/h4-5,7,9,14-16H,6,8,10-12H2,1-3H3,(H,19,20)/t14-,15+,16-/m0/s1. The fourth-order valence-corrected chi connectivity index (χ4v) is 2.44. The zero-order valence-electron chi connectivity index (χ0n) is 14.2. The number of carbonyl (C=O) groups is 1. The first-order valence-corrected chi connectivity index (χ1v) is 8.28. The molecule has 1 aromatic carbocycles. The maximum absolute atomic E-state index is 12.1. The zero-order chi connectivity index (χ0) is 16.7. The molecule has 1 heterocycles. The van der Waals surface area contributed by atoms with E-state index in [2.05, 4.69) is 5.32 Å². The highest BCUT2D eigenvalue weighted by Gasteiger charge is 2.20. The zero-order valence-corrected chi connectivity index (χ0v) is 14.2. The number of para-hydroxylation sites is 1. The lowest BCUT2D eigenvalue weighted by molar-refractivity contribution is -0.134. The number of benzene rings is 1. The van der Waals surface area contributed by atoms with Gasteiger partial charge < -0.3 is 19.5 Å². The van der Waals surface area contributed by atoms with Gasteiger partial charge in [-0.25, -0.2) is 0 Å². The first-order valence-electron chi connectivity index (χ1n) is 8.28. The van der Waals surface area contributed by atoms with Crippen LogP contribution >= 0.6 is 0 Å². The Kier molecular flexibility index (Phi) is 6.86. The highest BCUT2D eigenvalue weighted by Crippen LogP contribution is 2.16. The van der Waals surface area contributed by atoms with Crippen molar-refractivity contribution < 1.29 is 19.0 Å². The van der Waals surface area contributed by atoms with Crippen molar-refractivity contribution >= 4 is 5.91 Å². The molecule has 1 fully saturated rings. The van der Waals surface area contributed by atoms with Crippen LogP contribution in [0.1, 0.15) is 32.3 Å². The largest absolute Gasteiger partial charge is 0.491 e. The third-order valence-electron chi connectivity index (χ3n) is 3.90. The summed E-state index contributed by atoms with van der Waals surface area (Å²) in [7, 11) is 0. The quantitative estimate of drug-likeness (QED) is 0.799. The molecule has 1 aliphatic heterocycles. The van der Waals surface area contributed by atoms with E-state index in [1.807, 2.05) is 38.1 Å². The molecular formula is C18H27NO4. The third kappa shape index (κ3) is 5.84. The molecule has 5 nitrogen and oxygen atoms in total. The van der Waals surface area contributed by atoms with Gasteiger partial charge in [-0.15, -0.1) is 0 Å². The van der Waals surface area contributed by atoms with Crippen molar-refractivity contribution in [2.45, 2.75) is 51.9 Å². The number of ether oxygens (including phenoxy) is 3. The van der Waals surface area contributed by atoms with Crippen LogP contribution in [0.4, 0.5) is 0 Å². The average Bonchev–Trinajstić information content (AvgIpc) is 3.05. The Labute approximate surface area is 138 Å². The van der Waals surface area contributed by atoms with Crippen LogP contribution in [0.3, 0.4) is 0 Å². The Morgan fingerprint density at radius 1 is 1.39 bits per heavy atom. The molecule has 1 aromatic rings. The highest BCUT2D eigenvalue weighted by atomic mass is 16.5. The number of carbonyl (C=O) groups excluding carboxylic acids is 1. The van der Waals surface area contributed by atoms with Gasteiger partial charge in [0.1, 0.15) is 18.5 Å². The molecule has 0 aromatic heterocycles. The summed E-state index contributed by atoms with van der Waals surface area (Å²) in [5, 5.41) is 2.91. The van der Waals surface area contributed by atoms with Crippen LogP contribution in [0.15, 0.2) is 24.3 Å². The number of rotatable bonds is 8. The second kappa shape index (κ2) is 8.89. The smallest absolute Gasteiger partial charge is 0.249 e. The Bertz CT molecular complexity index is 500. The first kappa shape index (κ1) is 17.8. The van der Waals surface area contributed by atoms with Crippen molar-refractivity contribution in [2.24, 2.45) is 0 Å². The van der Waals surface area contributed by atoms with Gasteiger partial charge in [0.2, 0.25) is 5.91 Å². The summed E-state index contributed by atoms with van der Waals surface area (Å²) in [4.78, 5) is 12.1. The topological polar surface area (TPSA) is 56.8 Å². The van der Waals surface area contributed by atoms with E-state index >= 15 is 0 Å². The van der Waals surface area contributed by atoms with E-state index in [9.17, 15) is 4.79 Å². The van der Waals surface area contributed by atoms with Gasteiger partial charge in [0.15, 0.2) is 0 Å². The molecule has 0 spiro atoms. The molecule has 0 radical (unpaired) electrons. The Morgan fingerprint density at radius 3 is 2.87 bits per heavy atom. The van der Waals surface area contributed by atoms with Gasteiger partial charge >= 0.3 is 0 Å². The summed E-state index contributed by atoms with van der Waals surface area (Å²) >= 11 is 0. The van der Waals surface area contributed by atoms with Crippen LogP contribution in [0.2, 0.25) is 0 Å².